The van der Waals surface area contributed by atoms with Crippen LogP contribution in [-0.4, -0.2) is 16.6 Å². The molecule has 1 atom stereocenters. The van der Waals surface area contributed by atoms with Gasteiger partial charge in [0.2, 0.25) is 5.91 Å². The molecule has 5 heteroatoms. The van der Waals surface area contributed by atoms with Gasteiger partial charge in [0, 0.05) is 18.9 Å². The highest BCUT2D eigenvalue weighted by Crippen LogP contribution is 2.33. The van der Waals surface area contributed by atoms with E-state index in [2.05, 4.69) is 5.10 Å². The van der Waals surface area contributed by atoms with Gasteiger partial charge in [-0.15, -0.1) is 0 Å². The second-order valence-electron chi connectivity index (χ2n) is 5.67. The van der Waals surface area contributed by atoms with Gasteiger partial charge in [-0.3, -0.25) is 4.79 Å². The van der Waals surface area contributed by atoms with Crippen LogP contribution in [0.3, 0.4) is 0 Å². The smallest absolute Gasteiger partial charge is 0.240 e. The molecule has 3 rings (SSSR count). The normalized spacial score (nSPS) is 17.3. The van der Waals surface area contributed by atoms with Crippen LogP contribution in [0.4, 0.5) is 8.78 Å². The molecule has 0 fully saturated rings. The second-order valence-corrected chi connectivity index (χ2v) is 5.67. The molecule has 2 aromatic carbocycles. The maximum absolute atomic E-state index is 14.0. The Labute approximate surface area is 133 Å². The summed E-state index contributed by atoms with van der Waals surface area (Å²) in [7, 11) is 0. The standard InChI is InChI=1S/C18H16F2N2O/c1-11-4-3-5-13(8-11)18-10-17(21-22(18)12(2)23)15-9-14(19)6-7-16(15)20/h3-9,18H,10H2,1-2H3/t18-/m0/s1. The Balaban J connectivity index is 2.00. The fraction of sp³-hybridized carbons (Fsp3) is 0.222. The van der Waals surface area contributed by atoms with E-state index in [0.29, 0.717) is 12.1 Å². The summed E-state index contributed by atoms with van der Waals surface area (Å²) in [4.78, 5) is 11.9. The van der Waals surface area contributed by atoms with E-state index >= 15 is 0 Å². The number of carbonyl (C=O) groups is 1. The van der Waals surface area contributed by atoms with E-state index in [1.165, 1.54) is 11.9 Å². The van der Waals surface area contributed by atoms with E-state index < -0.39 is 11.6 Å². The lowest BCUT2D eigenvalue weighted by Gasteiger charge is -2.20. The Morgan fingerprint density at radius 3 is 2.70 bits per heavy atom. The van der Waals surface area contributed by atoms with Crippen molar-refractivity contribution in [1.82, 2.24) is 5.01 Å². The number of hydrazone groups is 1. The third-order valence-corrected chi connectivity index (χ3v) is 3.90. The van der Waals surface area contributed by atoms with Crippen LogP contribution in [0.5, 0.6) is 0 Å². The summed E-state index contributed by atoms with van der Waals surface area (Å²) in [6.07, 6.45) is 0.351. The average molecular weight is 314 g/mol. The number of rotatable bonds is 2. The molecule has 2 aromatic rings. The first-order valence-corrected chi connectivity index (χ1v) is 7.35. The van der Waals surface area contributed by atoms with Gasteiger partial charge < -0.3 is 0 Å². The molecule has 0 radical (unpaired) electrons. The summed E-state index contributed by atoms with van der Waals surface area (Å²) >= 11 is 0. The van der Waals surface area contributed by atoms with Gasteiger partial charge in [0.05, 0.1) is 11.8 Å². The largest absolute Gasteiger partial charge is 0.273 e. The van der Waals surface area contributed by atoms with Gasteiger partial charge in [-0.1, -0.05) is 29.8 Å². The van der Waals surface area contributed by atoms with Gasteiger partial charge in [-0.05, 0) is 30.7 Å². The highest BCUT2D eigenvalue weighted by molar-refractivity contribution is 6.03. The molecule has 0 spiro atoms. The Bertz CT molecular complexity index is 801. The number of hydrogen-bond donors (Lipinski definition) is 0. The SMILES string of the molecule is CC(=O)N1N=C(c2cc(F)ccc2F)C[C@H]1c1cccc(C)c1. The quantitative estimate of drug-likeness (QED) is 0.825. The number of nitrogens with zero attached hydrogens (tertiary/aromatic N) is 2. The molecule has 118 valence electrons. The minimum atomic E-state index is -0.543. The molecule has 0 N–H and O–H groups in total. The van der Waals surface area contributed by atoms with Gasteiger partial charge in [0.1, 0.15) is 11.6 Å². The zero-order valence-electron chi connectivity index (χ0n) is 12.9. The zero-order valence-corrected chi connectivity index (χ0v) is 12.9. The van der Waals surface area contributed by atoms with Crippen LogP contribution in [0.2, 0.25) is 0 Å². The fourth-order valence-electron chi connectivity index (χ4n) is 2.82. The van der Waals surface area contributed by atoms with E-state index in [0.717, 1.165) is 29.3 Å². The predicted molar refractivity (Wildman–Crippen MR) is 84.0 cm³/mol. The van der Waals surface area contributed by atoms with Crippen molar-refractivity contribution in [2.75, 3.05) is 0 Å². The second kappa shape index (κ2) is 5.91. The lowest BCUT2D eigenvalue weighted by molar-refractivity contribution is -0.130. The van der Waals surface area contributed by atoms with Gasteiger partial charge in [-0.25, -0.2) is 13.8 Å². The summed E-state index contributed by atoms with van der Waals surface area (Å²) in [6, 6.07) is 10.7. The van der Waals surface area contributed by atoms with Crippen LogP contribution >= 0.6 is 0 Å². The Morgan fingerprint density at radius 1 is 1.22 bits per heavy atom. The van der Waals surface area contributed by atoms with Crippen molar-refractivity contribution in [1.29, 1.82) is 0 Å². The lowest BCUT2D eigenvalue weighted by atomic mass is 9.97. The van der Waals surface area contributed by atoms with Gasteiger partial charge in [0.15, 0.2) is 0 Å². The van der Waals surface area contributed by atoms with E-state index in [4.69, 9.17) is 0 Å². The number of aryl methyl sites for hydroxylation is 1. The highest BCUT2D eigenvalue weighted by atomic mass is 19.1. The number of amides is 1. The molecule has 1 aliphatic heterocycles. The molecular weight excluding hydrogens is 298 g/mol. The first kappa shape index (κ1) is 15.3. The van der Waals surface area contributed by atoms with Gasteiger partial charge in [0.25, 0.3) is 0 Å². The number of hydrogen-bond acceptors (Lipinski definition) is 2. The predicted octanol–water partition coefficient (Wildman–Crippen LogP) is 3.97. The molecule has 0 aliphatic carbocycles. The summed E-state index contributed by atoms with van der Waals surface area (Å²) in [5.74, 6) is -1.31. The fourth-order valence-corrected chi connectivity index (χ4v) is 2.82. The van der Waals surface area contributed by atoms with Crippen molar-refractivity contribution >= 4 is 11.6 Å². The van der Waals surface area contributed by atoms with Crippen LogP contribution in [0, 0.1) is 18.6 Å². The number of benzene rings is 2. The molecule has 1 amide bonds. The van der Waals surface area contributed by atoms with Crippen LogP contribution in [0.1, 0.15) is 36.1 Å². The number of carbonyl (C=O) groups excluding carboxylic acids is 1. The lowest BCUT2D eigenvalue weighted by Crippen LogP contribution is -2.24. The number of halogens is 2. The van der Waals surface area contributed by atoms with Crippen LogP contribution in [-0.2, 0) is 4.79 Å². The van der Waals surface area contributed by atoms with Crippen LogP contribution < -0.4 is 0 Å². The summed E-state index contributed by atoms with van der Waals surface area (Å²) in [5.41, 5.74) is 2.47. The third kappa shape index (κ3) is 2.99. The molecule has 0 saturated heterocycles. The molecule has 0 unspecified atom stereocenters. The molecule has 3 nitrogen and oxygen atoms in total. The van der Waals surface area contributed by atoms with Crippen molar-refractivity contribution in [2.45, 2.75) is 26.3 Å². The van der Waals surface area contributed by atoms with Crippen molar-refractivity contribution in [3.05, 3.63) is 70.8 Å². The van der Waals surface area contributed by atoms with Crippen molar-refractivity contribution < 1.29 is 13.6 Å². The Kier molecular flexibility index (Phi) is 3.94. The maximum atomic E-state index is 14.0. The minimum absolute atomic E-state index is 0.103. The molecular formula is C18H16F2N2O. The molecule has 1 heterocycles. The molecule has 0 bridgehead atoms. The van der Waals surface area contributed by atoms with Gasteiger partial charge in [-0.2, -0.15) is 5.10 Å². The zero-order chi connectivity index (χ0) is 16.6. The minimum Gasteiger partial charge on any atom is -0.273 e. The van der Waals surface area contributed by atoms with Crippen molar-refractivity contribution in [2.24, 2.45) is 5.10 Å². The molecule has 1 aliphatic rings. The summed E-state index contributed by atoms with van der Waals surface area (Å²) in [6.45, 7) is 3.38. The van der Waals surface area contributed by atoms with Crippen molar-refractivity contribution in [3.8, 4) is 0 Å². The summed E-state index contributed by atoms with van der Waals surface area (Å²) < 4.78 is 27.4. The maximum Gasteiger partial charge on any atom is 0.240 e. The first-order valence-electron chi connectivity index (χ1n) is 7.35. The topological polar surface area (TPSA) is 32.7 Å². The monoisotopic (exact) mass is 314 g/mol. The van der Waals surface area contributed by atoms with E-state index in [1.54, 1.807) is 0 Å². The molecule has 23 heavy (non-hydrogen) atoms. The Morgan fingerprint density at radius 2 is 2.00 bits per heavy atom. The molecule has 0 aromatic heterocycles. The van der Waals surface area contributed by atoms with Crippen LogP contribution in [0.25, 0.3) is 0 Å². The van der Waals surface area contributed by atoms with Crippen LogP contribution in [0.15, 0.2) is 47.6 Å². The molecule has 0 saturated carbocycles. The summed E-state index contributed by atoms with van der Waals surface area (Å²) in [5, 5.41) is 5.58. The third-order valence-electron chi connectivity index (χ3n) is 3.90. The average Bonchev–Trinajstić information content (AvgIpc) is 2.95. The van der Waals surface area contributed by atoms with Crippen molar-refractivity contribution in [3.63, 3.8) is 0 Å². The van der Waals surface area contributed by atoms with Gasteiger partial charge >= 0.3 is 0 Å². The highest BCUT2D eigenvalue weighted by Gasteiger charge is 2.32. The first-order chi connectivity index (χ1) is 11.0. The van der Waals surface area contributed by atoms with E-state index in [-0.39, 0.29) is 17.5 Å². The Hall–Kier alpha value is -2.56. The van der Waals surface area contributed by atoms with E-state index in [9.17, 15) is 13.6 Å². The van der Waals surface area contributed by atoms with E-state index in [1.807, 2.05) is 31.2 Å².